The lowest BCUT2D eigenvalue weighted by molar-refractivity contribution is -0.137. The van der Waals surface area contributed by atoms with Gasteiger partial charge in [0.25, 0.3) is 0 Å². The van der Waals surface area contributed by atoms with Gasteiger partial charge in [-0.1, -0.05) is 55.3 Å². The van der Waals surface area contributed by atoms with E-state index in [1.165, 1.54) is 56.0 Å². The fourth-order valence-corrected chi connectivity index (χ4v) is 5.09. The predicted molar refractivity (Wildman–Crippen MR) is 119 cm³/mol. The first-order chi connectivity index (χ1) is 14.0. The van der Waals surface area contributed by atoms with Crippen LogP contribution in [-0.4, -0.2) is 10.8 Å². The standard InChI is InChI=1S/C23H24F3NS2/c24-23(25,26)19-10-7-13-21(16-19)28-15-14-22(27-20-11-5-2-6-12-20)29-17-18-8-3-1-4-9-18/h2,5-7,10-16,18H,1,3-4,8-9,17H2/b15-14+,27-22?. The van der Waals surface area contributed by atoms with Crippen LogP contribution in [0.15, 0.2) is 76.0 Å². The molecule has 1 fully saturated rings. The van der Waals surface area contributed by atoms with Crippen LogP contribution in [0, 0.1) is 5.92 Å². The van der Waals surface area contributed by atoms with Gasteiger partial charge in [0, 0.05) is 10.6 Å². The molecular weight excluding hydrogens is 411 g/mol. The van der Waals surface area contributed by atoms with Crippen LogP contribution in [0.1, 0.15) is 37.7 Å². The number of hydrogen-bond acceptors (Lipinski definition) is 3. The van der Waals surface area contributed by atoms with Crippen LogP contribution >= 0.6 is 23.5 Å². The molecule has 0 saturated heterocycles. The van der Waals surface area contributed by atoms with Gasteiger partial charge >= 0.3 is 6.18 Å². The van der Waals surface area contributed by atoms with Gasteiger partial charge in [-0.05, 0) is 60.6 Å². The van der Waals surface area contributed by atoms with Crippen LogP contribution in [0.5, 0.6) is 0 Å². The number of aliphatic imine (C=N–C) groups is 1. The van der Waals surface area contributed by atoms with E-state index in [2.05, 4.69) is 0 Å². The quantitative estimate of drug-likeness (QED) is 0.257. The number of alkyl halides is 3. The zero-order chi connectivity index (χ0) is 20.5. The minimum absolute atomic E-state index is 0.562. The highest BCUT2D eigenvalue weighted by molar-refractivity contribution is 8.14. The Morgan fingerprint density at radius 3 is 2.48 bits per heavy atom. The summed E-state index contributed by atoms with van der Waals surface area (Å²) in [5.41, 5.74) is 0.258. The van der Waals surface area contributed by atoms with Crippen molar-refractivity contribution < 1.29 is 13.2 Å². The summed E-state index contributed by atoms with van der Waals surface area (Å²) in [4.78, 5) is 5.29. The molecule has 29 heavy (non-hydrogen) atoms. The van der Waals surface area contributed by atoms with Crippen LogP contribution in [0.4, 0.5) is 18.9 Å². The third-order valence-corrected chi connectivity index (χ3v) is 6.72. The van der Waals surface area contributed by atoms with Crippen LogP contribution < -0.4 is 0 Å². The summed E-state index contributed by atoms with van der Waals surface area (Å²) in [6.45, 7) is 0. The van der Waals surface area contributed by atoms with Gasteiger partial charge in [-0.2, -0.15) is 13.2 Å². The number of thioether (sulfide) groups is 2. The molecule has 0 spiro atoms. The maximum Gasteiger partial charge on any atom is 0.416 e. The molecule has 2 aromatic carbocycles. The van der Waals surface area contributed by atoms with Crippen molar-refractivity contribution in [2.75, 3.05) is 5.75 Å². The third-order valence-electron chi connectivity index (χ3n) is 4.76. The molecule has 0 aromatic heterocycles. The first-order valence-corrected chi connectivity index (χ1v) is 11.6. The summed E-state index contributed by atoms with van der Waals surface area (Å²) in [6.07, 6.45) is 4.07. The molecule has 1 nitrogen and oxygen atoms in total. The van der Waals surface area contributed by atoms with Gasteiger partial charge in [-0.3, -0.25) is 0 Å². The van der Waals surface area contributed by atoms with E-state index in [-0.39, 0.29) is 0 Å². The Labute approximate surface area is 178 Å². The van der Waals surface area contributed by atoms with E-state index in [4.69, 9.17) is 4.99 Å². The molecular formula is C23H24F3NS2. The second kappa shape index (κ2) is 10.9. The van der Waals surface area contributed by atoms with E-state index in [0.717, 1.165) is 28.5 Å². The summed E-state index contributed by atoms with van der Waals surface area (Å²) in [6, 6.07) is 15.2. The maximum atomic E-state index is 12.9. The molecule has 1 aliphatic carbocycles. The fourth-order valence-electron chi connectivity index (χ4n) is 3.22. The highest BCUT2D eigenvalue weighted by Gasteiger charge is 2.30. The van der Waals surface area contributed by atoms with E-state index in [0.29, 0.717) is 4.90 Å². The fraction of sp³-hybridized carbons (Fsp3) is 0.348. The third kappa shape index (κ3) is 7.59. The molecule has 6 heteroatoms. The molecule has 0 heterocycles. The van der Waals surface area contributed by atoms with E-state index in [1.807, 2.05) is 41.8 Å². The Kier molecular flexibility index (Phi) is 8.30. The average molecular weight is 436 g/mol. The monoisotopic (exact) mass is 435 g/mol. The maximum absolute atomic E-state index is 12.9. The lowest BCUT2D eigenvalue weighted by atomic mass is 9.91. The minimum atomic E-state index is -4.32. The highest BCUT2D eigenvalue weighted by Crippen LogP contribution is 2.32. The number of halogens is 3. The number of para-hydroxylation sites is 1. The summed E-state index contributed by atoms with van der Waals surface area (Å²) in [7, 11) is 0. The molecule has 1 aliphatic rings. The van der Waals surface area contributed by atoms with Gasteiger partial charge in [0.1, 0.15) is 0 Å². The first kappa shape index (κ1) is 22.0. The topological polar surface area (TPSA) is 12.4 Å². The summed E-state index contributed by atoms with van der Waals surface area (Å²) in [5.74, 6) is 1.75. The van der Waals surface area contributed by atoms with Gasteiger partial charge in [0.2, 0.25) is 0 Å². The van der Waals surface area contributed by atoms with E-state index in [1.54, 1.807) is 17.8 Å². The van der Waals surface area contributed by atoms with Gasteiger partial charge in [0.05, 0.1) is 16.3 Å². The van der Waals surface area contributed by atoms with Crippen molar-refractivity contribution >= 4 is 34.3 Å². The first-order valence-electron chi connectivity index (χ1n) is 9.78. The van der Waals surface area contributed by atoms with Gasteiger partial charge < -0.3 is 0 Å². The Balaban J connectivity index is 1.68. The van der Waals surface area contributed by atoms with Gasteiger partial charge in [-0.15, -0.1) is 11.8 Å². The number of benzene rings is 2. The second-order valence-corrected chi connectivity index (χ2v) is 9.07. The summed E-state index contributed by atoms with van der Waals surface area (Å²) < 4.78 is 38.7. The van der Waals surface area contributed by atoms with Gasteiger partial charge in [0.15, 0.2) is 0 Å². The average Bonchev–Trinajstić information content (AvgIpc) is 2.73. The molecule has 0 aliphatic heterocycles. The molecule has 0 unspecified atom stereocenters. The smallest absolute Gasteiger partial charge is 0.242 e. The number of rotatable bonds is 6. The zero-order valence-electron chi connectivity index (χ0n) is 16.1. The van der Waals surface area contributed by atoms with Crippen molar-refractivity contribution in [2.24, 2.45) is 10.9 Å². The van der Waals surface area contributed by atoms with E-state index < -0.39 is 11.7 Å². The molecule has 0 bridgehead atoms. The van der Waals surface area contributed by atoms with Crippen molar-refractivity contribution in [1.29, 1.82) is 0 Å². The molecule has 3 rings (SSSR count). The van der Waals surface area contributed by atoms with Crippen molar-refractivity contribution in [2.45, 2.75) is 43.2 Å². The molecule has 154 valence electrons. The second-order valence-electron chi connectivity index (χ2n) is 7.05. The normalized spacial score (nSPS) is 16.4. The highest BCUT2D eigenvalue weighted by atomic mass is 32.2. The van der Waals surface area contributed by atoms with Crippen molar-refractivity contribution in [3.05, 3.63) is 71.6 Å². The van der Waals surface area contributed by atoms with Crippen LogP contribution in [0.2, 0.25) is 0 Å². The molecule has 2 aromatic rings. The SMILES string of the molecule is FC(F)(F)c1cccc(S/C=C/C(=Nc2ccccc2)SCC2CCCCC2)c1. The Hall–Kier alpha value is -1.66. The predicted octanol–water partition coefficient (Wildman–Crippen LogP) is 8.35. The van der Waals surface area contributed by atoms with Crippen LogP contribution in [0.3, 0.4) is 0 Å². The molecule has 0 atom stereocenters. The molecule has 0 amide bonds. The Bertz CT molecular complexity index is 826. The number of hydrogen-bond donors (Lipinski definition) is 0. The van der Waals surface area contributed by atoms with Crippen molar-refractivity contribution in [3.8, 4) is 0 Å². The lowest BCUT2D eigenvalue weighted by Gasteiger charge is -2.20. The molecule has 0 N–H and O–H groups in total. The van der Waals surface area contributed by atoms with Crippen molar-refractivity contribution in [1.82, 2.24) is 0 Å². The Morgan fingerprint density at radius 1 is 1.00 bits per heavy atom. The largest absolute Gasteiger partial charge is 0.416 e. The van der Waals surface area contributed by atoms with Crippen molar-refractivity contribution in [3.63, 3.8) is 0 Å². The minimum Gasteiger partial charge on any atom is -0.242 e. The summed E-state index contributed by atoms with van der Waals surface area (Å²) >= 11 is 3.01. The molecule has 0 radical (unpaired) electrons. The van der Waals surface area contributed by atoms with Crippen LogP contribution in [0.25, 0.3) is 0 Å². The summed E-state index contributed by atoms with van der Waals surface area (Å²) in [5, 5.41) is 2.71. The van der Waals surface area contributed by atoms with E-state index in [9.17, 15) is 13.2 Å². The number of nitrogens with zero attached hydrogens (tertiary/aromatic N) is 1. The van der Waals surface area contributed by atoms with Gasteiger partial charge in [-0.25, -0.2) is 4.99 Å². The molecule has 1 saturated carbocycles. The van der Waals surface area contributed by atoms with Crippen LogP contribution in [-0.2, 0) is 6.18 Å². The zero-order valence-corrected chi connectivity index (χ0v) is 17.7. The van der Waals surface area contributed by atoms with E-state index >= 15 is 0 Å². The lowest BCUT2D eigenvalue weighted by Crippen LogP contribution is -2.09. The Morgan fingerprint density at radius 2 is 1.76 bits per heavy atom.